The Balaban J connectivity index is 3.07. The van der Waals surface area contributed by atoms with E-state index in [4.69, 9.17) is 0 Å². The second-order valence-electron chi connectivity index (χ2n) is 3.37. The lowest BCUT2D eigenvalue weighted by Gasteiger charge is -2.13. The first-order chi connectivity index (χ1) is 8.35. The van der Waals surface area contributed by atoms with E-state index in [1.54, 1.807) is 0 Å². The van der Waals surface area contributed by atoms with Crippen molar-refractivity contribution in [1.29, 1.82) is 0 Å². The highest BCUT2D eigenvalue weighted by Gasteiger charge is 2.32. The fourth-order valence-electron chi connectivity index (χ4n) is 1.32. The Morgan fingerprint density at radius 2 is 2.11 bits per heavy atom. The van der Waals surface area contributed by atoms with Gasteiger partial charge in [0.2, 0.25) is 0 Å². The SMILES string of the molecule is C=Cc1ccc(OC(F)(F)F)c(CC(=O)OC)c1. The van der Waals surface area contributed by atoms with Crippen molar-refractivity contribution in [2.75, 3.05) is 7.11 Å². The lowest BCUT2D eigenvalue weighted by Crippen LogP contribution is -2.19. The lowest BCUT2D eigenvalue weighted by atomic mass is 10.1. The maximum atomic E-state index is 12.2. The summed E-state index contributed by atoms with van der Waals surface area (Å²) in [5, 5.41) is 0. The van der Waals surface area contributed by atoms with Crippen LogP contribution in [-0.4, -0.2) is 19.4 Å². The van der Waals surface area contributed by atoms with Crippen LogP contribution in [-0.2, 0) is 16.0 Å². The van der Waals surface area contributed by atoms with Crippen LogP contribution in [0.25, 0.3) is 6.08 Å². The maximum absolute atomic E-state index is 12.2. The summed E-state index contributed by atoms with van der Waals surface area (Å²) in [7, 11) is 1.16. The molecule has 0 unspecified atom stereocenters. The van der Waals surface area contributed by atoms with E-state index < -0.39 is 18.1 Å². The van der Waals surface area contributed by atoms with Gasteiger partial charge in [0.15, 0.2) is 0 Å². The Morgan fingerprint density at radius 3 is 2.61 bits per heavy atom. The molecule has 0 aliphatic heterocycles. The fourth-order valence-corrected chi connectivity index (χ4v) is 1.32. The van der Waals surface area contributed by atoms with Crippen LogP contribution in [0.5, 0.6) is 5.75 Å². The van der Waals surface area contributed by atoms with Crippen molar-refractivity contribution >= 4 is 12.0 Å². The van der Waals surface area contributed by atoms with Crippen molar-refractivity contribution in [3.05, 3.63) is 35.9 Å². The molecule has 18 heavy (non-hydrogen) atoms. The molecule has 0 aliphatic carbocycles. The molecule has 0 saturated heterocycles. The van der Waals surface area contributed by atoms with Crippen molar-refractivity contribution in [2.24, 2.45) is 0 Å². The predicted octanol–water partition coefficient (Wildman–Crippen LogP) is 2.94. The normalized spacial score (nSPS) is 10.9. The summed E-state index contributed by atoms with van der Waals surface area (Å²) in [6.07, 6.45) is -3.65. The number of methoxy groups -OCH3 is 1. The summed E-state index contributed by atoms with van der Waals surface area (Å²) in [6, 6.07) is 3.95. The highest BCUT2D eigenvalue weighted by molar-refractivity contribution is 5.74. The molecule has 0 saturated carbocycles. The number of ether oxygens (including phenoxy) is 2. The summed E-state index contributed by atoms with van der Waals surface area (Å²) in [6.45, 7) is 3.50. The first-order valence-electron chi connectivity index (χ1n) is 4.93. The summed E-state index contributed by atoms with van der Waals surface area (Å²) < 4.78 is 44.7. The average Bonchev–Trinajstić information content (AvgIpc) is 2.29. The molecule has 0 radical (unpaired) electrons. The number of rotatable bonds is 4. The largest absolute Gasteiger partial charge is 0.573 e. The quantitative estimate of drug-likeness (QED) is 0.781. The molecule has 0 N–H and O–H groups in total. The van der Waals surface area contributed by atoms with Crippen molar-refractivity contribution in [3.63, 3.8) is 0 Å². The molecule has 0 bridgehead atoms. The van der Waals surface area contributed by atoms with Crippen molar-refractivity contribution in [2.45, 2.75) is 12.8 Å². The molecule has 3 nitrogen and oxygen atoms in total. The summed E-state index contributed by atoms with van der Waals surface area (Å²) in [5.41, 5.74) is 0.681. The van der Waals surface area contributed by atoms with E-state index in [9.17, 15) is 18.0 Å². The third kappa shape index (κ3) is 4.12. The molecule has 0 atom stereocenters. The molecule has 1 aromatic rings. The minimum Gasteiger partial charge on any atom is -0.469 e. The Kier molecular flexibility index (Phi) is 4.36. The van der Waals surface area contributed by atoms with E-state index in [-0.39, 0.29) is 12.0 Å². The molecule has 1 rings (SSSR count). The van der Waals surface area contributed by atoms with Crippen LogP contribution in [0.1, 0.15) is 11.1 Å². The van der Waals surface area contributed by atoms with Gasteiger partial charge in [0.25, 0.3) is 0 Å². The van der Waals surface area contributed by atoms with Gasteiger partial charge in [0, 0.05) is 5.56 Å². The van der Waals surface area contributed by atoms with Crippen LogP contribution < -0.4 is 4.74 Å². The topological polar surface area (TPSA) is 35.5 Å². The Morgan fingerprint density at radius 1 is 1.44 bits per heavy atom. The molecule has 0 spiro atoms. The number of halogens is 3. The fraction of sp³-hybridized carbons (Fsp3) is 0.250. The van der Waals surface area contributed by atoms with Gasteiger partial charge in [0.1, 0.15) is 5.75 Å². The van der Waals surface area contributed by atoms with Gasteiger partial charge in [0.05, 0.1) is 13.5 Å². The van der Waals surface area contributed by atoms with Crippen molar-refractivity contribution in [3.8, 4) is 5.75 Å². The molecule has 0 aromatic heterocycles. The molecule has 6 heteroatoms. The standard InChI is InChI=1S/C12H11F3O3/c1-3-8-4-5-10(18-12(13,14)15)9(6-8)7-11(16)17-2/h3-6H,1,7H2,2H3. The minimum atomic E-state index is -4.80. The Bertz CT molecular complexity index is 452. The predicted molar refractivity (Wildman–Crippen MR) is 58.9 cm³/mol. The zero-order chi connectivity index (χ0) is 13.8. The van der Waals surface area contributed by atoms with Gasteiger partial charge in [-0.2, -0.15) is 0 Å². The van der Waals surface area contributed by atoms with Crippen LogP contribution in [0.3, 0.4) is 0 Å². The molecule has 0 heterocycles. The van der Waals surface area contributed by atoms with E-state index in [1.165, 1.54) is 18.2 Å². The third-order valence-electron chi connectivity index (χ3n) is 2.11. The second kappa shape index (κ2) is 5.57. The number of alkyl halides is 3. The lowest BCUT2D eigenvalue weighted by molar-refractivity contribution is -0.274. The molecular weight excluding hydrogens is 249 g/mol. The van der Waals surface area contributed by atoms with Crippen LogP contribution in [0.2, 0.25) is 0 Å². The smallest absolute Gasteiger partial charge is 0.469 e. The third-order valence-corrected chi connectivity index (χ3v) is 2.11. The molecule has 0 amide bonds. The highest BCUT2D eigenvalue weighted by atomic mass is 19.4. The first-order valence-corrected chi connectivity index (χ1v) is 4.93. The summed E-state index contributed by atoms with van der Waals surface area (Å²) >= 11 is 0. The van der Waals surface area contributed by atoms with Crippen molar-refractivity contribution < 1.29 is 27.4 Å². The zero-order valence-corrected chi connectivity index (χ0v) is 9.58. The number of hydrogen-bond donors (Lipinski definition) is 0. The second-order valence-corrected chi connectivity index (χ2v) is 3.37. The maximum Gasteiger partial charge on any atom is 0.573 e. The van der Waals surface area contributed by atoms with Crippen LogP contribution in [0.15, 0.2) is 24.8 Å². The van der Waals surface area contributed by atoms with Gasteiger partial charge in [-0.1, -0.05) is 18.7 Å². The van der Waals surface area contributed by atoms with E-state index in [0.717, 1.165) is 13.2 Å². The van der Waals surface area contributed by atoms with Gasteiger partial charge in [-0.25, -0.2) is 0 Å². The number of carbonyl (C=O) groups excluding carboxylic acids is 1. The number of esters is 1. The Labute approximate surface area is 102 Å². The Hall–Kier alpha value is -1.98. The molecule has 0 aliphatic rings. The molecule has 0 fully saturated rings. The first kappa shape index (κ1) is 14.1. The van der Waals surface area contributed by atoms with Gasteiger partial charge in [-0.15, -0.1) is 13.2 Å². The van der Waals surface area contributed by atoms with Gasteiger partial charge < -0.3 is 9.47 Å². The van der Waals surface area contributed by atoms with Crippen LogP contribution >= 0.6 is 0 Å². The highest BCUT2D eigenvalue weighted by Crippen LogP contribution is 2.28. The van der Waals surface area contributed by atoms with E-state index in [1.807, 2.05) is 0 Å². The van der Waals surface area contributed by atoms with E-state index in [0.29, 0.717) is 5.56 Å². The van der Waals surface area contributed by atoms with Gasteiger partial charge in [-0.3, -0.25) is 4.79 Å². The molecule has 1 aromatic carbocycles. The van der Waals surface area contributed by atoms with E-state index in [2.05, 4.69) is 16.1 Å². The van der Waals surface area contributed by atoms with Crippen LogP contribution in [0, 0.1) is 0 Å². The summed E-state index contributed by atoms with van der Waals surface area (Å²) in [4.78, 5) is 11.1. The van der Waals surface area contributed by atoms with Crippen molar-refractivity contribution in [1.82, 2.24) is 0 Å². The van der Waals surface area contributed by atoms with E-state index >= 15 is 0 Å². The average molecular weight is 260 g/mol. The van der Waals surface area contributed by atoms with Gasteiger partial charge >= 0.3 is 12.3 Å². The molecule has 98 valence electrons. The number of benzene rings is 1. The van der Waals surface area contributed by atoms with Crippen LogP contribution in [0.4, 0.5) is 13.2 Å². The zero-order valence-electron chi connectivity index (χ0n) is 9.58. The minimum absolute atomic E-state index is 0.0941. The number of hydrogen-bond acceptors (Lipinski definition) is 3. The summed E-state index contributed by atoms with van der Waals surface area (Å²) in [5.74, 6) is -1.07. The molecular formula is C12H11F3O3. The van der Waals surface area contributed by atoms with Gasteiger partial charge in [-0.05, 0) is 17.7 Å². The monoisotopic (exact) mass is 260 g/mol. The number of carbonyl (C=O) groups is 1.